The molecule has 1 fully saturated rings. The summed E-state index contributed by atoms with van der Waals surface area (Å²) < 4.78 is 67.5. The van der Waals surface area contributed by atoms with Crippen LogP contribution in [-0.2, 0) is 22.8 Å². The van der Waals surface area contributed by atoms with E-state index in [2.05, 4.69) is 4.98 Å². The highest BCUT2D eigenvalue weighted by Gasteiger charge is 2.54. The molecule has 194 valence electrons. The van der Waals surface area contributed by atoms with E-state index in [9.17, 15) is 27.5 Å². The largest absolute Gasteiger partial charge is 0.496 e. The highest BCUT2D eigenvalue weighted by Crippen LogP contribution is 2.54. The first-order valence-electron chi connectivity index (χ1n) is 11.7. The predicted molar refractivity (Wildman–Crippen MR) is 126 cm³/mol. The summed E-state index contributed by atoms with van der Waals surface area (Å²) in [5, 5.41) is 9.89. The molecule has 0 saturated heterocycles. The molecule has 0 amide bonds. The maximum atomic E-state index is 13.7. The van der Waals surface area contributed by atoms with E-state index in [4.69, 9.17) is 9.47 Å². The number of carbonyl (C=O) groups is 1. The van der Waals surface area contributed by atoms with Gasteiger partial charge >= 0.3 is 12.1 Å². The quantitative estimate of drug-likeness (QED) is 0.442. The molecule has 2 heterocycles. The average molecular weight is 516 g/mol. The molecular weight excluding hydrogens is 492 g/mol. The number of aryl methyl sites for hydroxylation is 1. The molecule has 1 saturated carbocycles. The number of carboxylic acids is 1. The number of alkyl halides is 3. The van der Waals surface area contributed by atoms with Crippen molar-refractivity contribution in [3.8, 4) is 17.0 Å². The van der Waals surface area contributed by atoms with Gasteiger partial charge in [0.25, 0.3) is 0 Å². The number of imidazole rings is 1. The Bertz CT molecular complexity index is 1380. The number of hydrogen-bond donors (Lipinski definition) is 1. The Kier molecular flexibility index (Phi) is 6.10. The van der Waals surface area contributed by atoms with Crippen LogP contribution in [0.5, 0.6) is 5.75 Å². The van der Waals surface area contributed by atoms with E-state index in [0.29, 0.717) is 35.3 Å². The molecule has 0 unspecified atom stereocenters. The van der Waals surface area contributed by atoms with Crippen molar-refractivity contribution in [3.63, 3.8) is 0 Å². The van der Waals surface area contributed by atoms with Gasteiger partial charge in [-0.05, 0) is 60.4 Å². The Balaban J connectivity index is 1.60. The Labute approximate surface area is 210 Å². The summed E-state index contributed by atoms with van der Waals surface area (Å²) in [7, 11) is 2.75. The van der Waals surface area contributed by atoms with Gasteiger partial charge in [-0.25, -0.2) is 9.37 Å². The summed E-state index contributed by atoms with van der Waals surface area (Å²) >= 11 is 0. The minimum absolute atomic E-state index is 0.109. The molecule has 10 heteroatoms. The third-order valence-electron chi connectivity index (χ3n) is 7.26. The maximum absolute atomic E-state index is 13.7. The third kappa shape index (κ3) is 4.29. The highest BCUT2D eigenvalue weighted by atomic mass is 19.4. The lowest BCUT2D eigenvalue weighted by atomic mass is 9.79. The number of hydrogen-bond acceptors (Lipinski definition) is 4. The van der Waals surface area contributed by atoms with E-state index < -0.39 is 41.1 Å². The SMILES string of the molecule is COc1ccc(-c2ncn(C)c2C(F)(F)F)cc1C1=C[C@@]2(CC[C@H](C(=O)O)[C@H]2c2ccc(F)cc2)OC1. The van der Waals surface area contributed by atoms with Gasteiger partial charge in [-0.1, -0.05) is 12.1 Å². The van der Waals surface area contributed by atoms with Gasteiger partial charge in [0, 0.05) is 24.1 Å². The Morgan fingerprint density at radius 1 is 1.22 bits per heavy atom. The van der Waals surface area contributed by atoms with Gasteiger partial charge in [0.05, 0.1) is 31.6 Å². The first-order valence-corrected chi connectivity index (χ1v) is 11.7. The van der Waals surface area contributed by atoms with Gasteiger partial charge in [-0.3, -0.25) is 4.79 Å². The van der Waals surface area contributed by atoms with Crippen molar-refractivity contribution < 1.29 is 36.9 Å². The first-order chi connectivity index (χ1) is 17.5. The summed E-state index contributed by atoms with van der Waals surface area (Å²) in [6.45, 7) is 0.109. The Morgan fingerprint density at radius 2 is 1.95 bits per heavy atom. The van der Waals surface area contributed by atoms with Crippen molar-refractivity contribution in [3.05, 3.63) is 77.5 Å². The van der Waals surface area contributed by atoms with Gasteiger partial charge < -0.3 is 19.1 Å². The molecule has 5 rings (SSSR count). The molecule has 1 N–H and O–H groups in total. The molecule has 1 aliphatic heterocycles. The third-order valence-corrected chi connectivity index (χ3v) is 7.26. The highest BCUT2D eigenvalue weighted by molar-refractivity contribution is 5.80. The van der Waals surface area contributed by atoms with Gasteiger partial charge in [0.2, 0.25) is 0 Å². The standard InChI is InChI=1S/C27H24F4N2O4/c1-33-14-32-23(24(33)27(29,30)31)16-5-8-21(36-2)20(11-16)17-12-26(37-13-17)10-9-19(25(34)35)22(26)15-3-6-18(28)7-4-15/h3-8,11-12,14,19,22H,9-10,13H2,1-2H3,(H,34,35)/t19-,22+,26+/m0/s1. The van der Waals surface area contributed by atoms with E-state index in [1.807, 2.05) is 6.08 Å². The second kappa shape index (κ2) is 9.02. The van der Waals surface area contributed by atoms with Gasteiger partial charge in [0.15, 0.2) is 5.69 Å². The van der Waals surface area contributed by atoms with Crippen LogP contribution in [0.4, 0.5) is 17.6 Å². The fraction of sp³-hybridized carbons (Fsp3) is 0.333. The van der Waals surface area contributed by atoms with E-state index >= 15 is 0 Å². The second-order valence-electron chi connectivity index (χ2n) is 9.39. The zero-order valence-corrected chi connectivity index (χ0v) is 20.1. The Hall–Kier alpha value is -3.66. The number of rotatable bonds is 5. The van der Waals surface area contributed by atoms with Crippen molar-refractivity contribution in [1.82, 2.24) is 9.55 Å². The first kappa shape index (κ1) is 25.0. The fourth-order valence-electron chi connectivity index (χ4n) is 5.65. The number of ether oxygens (including phenoxy) is 2. The summed E-state index contributed by atoms with van der Waals surface area (Å²) in [5.41, 5.74) is 0.0774. The van der Waals surface area contributed by atoms with Gasteiger partial charge in [0.1, 0.15) is 17.3 Å². The topological polar surface area (TPSA) is 73.6 Å². The van der Waals surface area contributed by atoms with Crippen LogP contribution in [0.2, 0.25) is 0 Å². The maximum Gasteiger partial charge on any atom is 0.433 e. The molecule has 2 aromatic carbocycles. The van der Waals surface area contributed by atoms with Gasteiger partial charge in [-0.2, -0.15) is 13.2 Å². The van der Waals surface area contributed by atoms with Crippen LogP contribution in [0, 0.1) is 11.7 Å². The van der Waals surface area contributed by atoms with Crippen LogP contribution in [0.25, 0.3) is 16.8 Å². The molecule has 37 heavy (non-hydrogen) atoms. The smallest absolute Gasteiger partial charge is 0.433 e. The molecular formula is C27H24F4N2O4. The van der Waals surface area contributed by atoms with E-state index in [0.717, 1.165) is 10.9 Å². The molecule has 6 nitrogen and oxygen atoms in total. The molecule has 1 aromatic heterocycles. The van der Waals surface area contributed by atoms with Crippen molar-refractivity contribution in [1.29, 1.82) is 0 Å². The Morgan fingerprint density at radius 3 is 2.59 bits per heavy atom. The molecule has 3 atom stereocenters. The number of methoxy groups -OCH3 is 1. The molecule has 0 radical (unpaired) electrons. The fourth-order valence-corrected chi connectivity index (χ4v) is 5.65. The molecule has 1 aliphatic carbocycles. The summed E-state index contributed by atoms with van der Waals surface area (Å²) in [6.07, 6.45) is -0.836. The van der Waals surface area contributed by atoms with Crippen molar-refractivity contribution >= 4 is 11.5 Å². The average Bonchev–Trinajstić information content (AvgIpc) is 3.56. The van der Waals surface area contributed by atoms with Crippen LogP contribution in [0.1, 0.15) is 35.6 Å². The number of aliphatic carboxylic acids is 1. The summed E-state index contributed by atoms with van der Waals surface area (Å²) in [6, 6.07) is 10.4. The summed E-state index contributed by atoms with van der Waals surface area (Å²) in [5.74, 6) is -2.26. The van der Waals surface area contributed by atoms with Crippen LogP contribution >= 0.6 is 0 Å². The van der Waals surface area contributed by atoms with Crippen molar-refractivity contribution in [2.75, 3.05) is 13.7 Å². The van der Waals surface area contributed by atoms with E-state index in [1.54, 1.807) is 24.3 Å². The van der Waals surface area contributed by atoms with Crippen LogP contribution < -0.4 is 4.74 Å². The van der Waals surface area contributed by atoms with Crippen molar-refractivity contribution in [2.45, 2.75) is 30.5 Å². The van der Waals surface area contributed by atoms with E-state index in [-0.39, 0.29) is 17.9 Å². The summed E-state index contributed by atoms with van der Waals surface area (Å²) in [4.78, 5) is 16.1. The molecule has 2 aliphatic rings. The van der Waals surface area contributed by atoms with Crippen LogP contribution in [0.15, 0.2) is 54.9 Å². The monoisotopic (exact) mass is 516 g/mol. The normalized spacial score (nSPS) is 23.5. The zero-order valence-electron chi connectivity index (χ0n) is 20.1. The predicted octanol–water partition coefficient (Wildman–Crippen LogP) is 5.68. The molecule has 3 aromatic rings. The number of nitrogens with zero attached hydrogens (tertiary/aromatic N) is 2. The van der Waals surface area contributed by atoms with Crippen molar-refractivity contribution in [2.24, 2.45) is 13.0 Å². The van der Waals surface area contributed by atoms with Crippen LogP contribution in [0.3, 0.4) is 0 Å². The lowest BCUT2D eigenvalue weighted by Crippen LogP contribution is -2.34. The van der Waals surface area contributed by atoms with Crippen LogP contribution in [-0.4, -0.2) is 39.9 Å². The molecule has 0 bridgehead atoms. The molecule has 1 spiro atoms. The lowest BCUT2D eigenvalue weighted by molar-refractivity contribution is -0.143. The van der Waals surface area contributed by atoms with E-state index in [1.165, 1.54) is 32.4 Å². The number of carboxylic acid groups (broad SMARTS) is 1. The number of benzene rings is 2. The second-order valence-corrected chi connectivity index (χ2v) is 9.39. The number of aromatic nitrogens is 2. The number of halogens is 4. The minimum atomic E-state index is -4.60. The minimum Gasteiger partial charge on any atom is -0.496 e. The van der Waals surface area contributed by atoms with Gasteiger partial charge in [-0.15, -0.1) is 0 Å². The zero-order chi connectivity index (χ0) is 26.5. The lowest BCUT2D eigenvalue weighted by Gasteiger charge is -2.31.